The quantitative estimate of drug-likeness (QED) is 0.932. The highest BCUT2D eigenvalue weighted by Gasteiger charge is 2.47. The molecule has 1 N–H and O–H groups in total. The number of ether oxygens (including phenoxy) is 4. The van der Waals surface area contributed by atoms with Gasteiger partial charge in [0, 0.05) is 11.5 Å². The molecule has 6 nitrogen and oxygen atoms in total. The summed E-state index contributed by atoms with van der Waals surface area (Å²) in [6, 6.07) is 6.97. The van der Waals surface area contributed by atoms with Gasteiger partial charge in [0.1, 0.15) is 24.2 Å². The summed E-state index contributed by atoms with van der Waals surface area (Å²) in [6.07, 6.45) is -0.222. The van der Waals surface area contributed by atoms with E-state index in [-0.39, 0.29) is 11.7 Å². The molecule has 130 valence electrons. The van der Waals surface area contributed by atoms with Crippen LogP contribution in [-0.4, -0.2) is 36.2 Å². The fourth-order valence-corrected chi connectivity index (χ4v) is 3.12. The maximum atomic E-state index is 11.8. The normalized spacial score (nSPS) is 21.8. The van der Waals surface area contributed by atoms with E-state index in [1.165, 1.54) is 13.2 Å². The lowest BCUT2D eigenvalue weighted by molar-refractivity contribution is -0.158. The Bertz CT molecular complexity index is 809. The van der Waals surface area contributed by atoms with Crippen molar-refractivity contribution in [1.82, 2.24) is 4.98 Å². The van der Waals surface area contributed by atoms with E-state index >= 15 is 0 Å². The number of H-pyrrole nitrogens is 1. The minimum absolute atomic E-state index is 0.222. The molecule has 0 amide bonds. The summed E-state index contributed by atoms with van der Waals surface area (Å²) in [4.78, 5) is 14.6. The molecule has 2 heterocycles. The van der Waals surface area contributed by atoms with Crippen LogP contribution in [-0.2, 0) is 9.47 Å². The number of methoxy groups -OCH3 is 1. The second-order valence-electron chi connectivity index (χ2n) is 6.90. The Balaban J connectivity index is 1.89. The van der Waals surface area contributed by atoms with Gasteiger partial charge in [0.05, 0.1) is 18.2 Å². The van der Waals surface area contributed by atoms with Crippen molar-refractivity contribution in [2.75, 3.05) is 13.7 Å². The van der Waals surface area contributed by atoms with Crippen LogP contribution >= 0.6 is 0 Å². The highest BCUT2D eigenvalue weighted by atomic mass is 16.8. The third-order valence-corrected chi connectivity index (χ3v) is 4.12. The fraction of sp³-hybridized carbons (Fsp3) is 0.500. The van der Waals surface area contributed by atoms with E-state index in [0.717, 1.165) is 5.39 Å². The molecule has 1 atom stereocenters. The molecule has 6 heteroatoms. The zero-order valence-electron chi connectivity index (χ0n) is 14.6. The second kappa shape index (κ2) is 5.79. The van der Waals surface area contributed by atoms with Crippen LogP contribution in [0.2, 0.25) is 0 Å². The maximum Gasteiger partial charge on any atom is 0.252 e. The zero-order chi connectivity index (χ0) is 17.5. The third-order valence-electron chi connectivity index (χ3n) is 4.12. The summed E-state index contributed by atoms with van der Waals surface area (Å²) in [5, 5.41) is 0.790. The lowest BCUT2D eigenvalue weighted by Gasteiger charge is -2.24. The van der Waals surface area contributed by atoms with Gasteiger partial charge < -0.3 is 23.9 Å². The van der Waals surface area contributed by atoms with E-state index in [1.54, 1.807) is 0 Å². The molecule has 0 radical (unpaired) electrons. The van der Waals surface area contributed by atoms with E-state index in [1.807, 2.05) is 45.9 Å². The van der Waals surface area contributed by atoms with Crippen molar-refractivity contribution in [3.63, 3.8) is 0 Å². The first kappa shape index (κ1) is 16.8. The summed E-state index contributed by atoms with van der Waals surface area (Å²) in [5.41, 5.74) is -0.0886. The first-order chi connectivity index (χ1) is 11.2. The predicted octanol–water partition coefficient (Wildman–Crippen LogP) is 2.85. The van der Waals surface area contributed by atoms with Crippen LogP contribution < -0.4 is 15.0 Å². The topological polar surface area (TPSA) is 69.8 Å². The van der Waals surface area contributed by atoms with Crippen LogP contribution in [0.4, 0.5) is 0 Å². The summed E-state index contributed by atoms with van der Waals surface area (Å²) in [7, 11) is 1.54. The van der Waals surface area contributed by atoms with Crippen molar-refractivity contribution in [3.8, 4) is 11.5 Å². The van der Waals surface area contributed by atoms with Crippen molar-refractivity contribution in [3.05, 3.63) is 34.6 Å². The average molecular weight is 333 g/mol. The molecule has 1 aliphatic heterocycles. The Morgan fingerprint density at radius 1 is 1.21 bits per heavy atom. The summed E-state index contributed by atoms with van der Waals surface area (Å²) in [6.45, 7) is 8.03. The molecule has 0 saturated carbocycles. The molecule has 24 heavy (non-hydrogen) atoms. The summed E-state index contributed by atoms with van der Waals surface area (Å²) in [5.74, 6) is 0.446. The minimum Gasteiger partial charge on any atom is -0.496 e. The van der Waals surface area contributed by atoms with Crippen LogP contribution in [0.5, 0.6) is 11.5 Å². The van der Waals surface area contributed by atoms with Crippen LogP contribution in [0, 0.1) is 0 Å². The number of rotatable bonds is 4. The second-order valence-corrected chi connectivity index (χ2v) is 6.90. The number of aromatic amines is 1. The molecule has 0 spiro atoms. The van der Waals surface area contributed by atoms with Gasteiger partial charge >= 0.3 is 0 Å². The molecule has 1 fully saturated rings. The summed E-state index contributed by atoms with van der Waals surface area (Å²) < 4.78 is 23.1. The molecule has 2 aromatic rings. The number of nitrogens with one attached hydrogen (secondary N) is 1. The van der Waals surface area contributed by atoms with Gasteiger partial charge in [0.15, 0.2) is 5.79 Å². The van der Waals surface area contributed by atoms with E-state index in [4.69, 9.17) is 18.9 Å². The number of para-hydroxylation sites is 1. The first-order valence-corrected chi connectivity index (χ1v) is 7.93. The van der Waals surface area contributed by atoms with Crippen molar-refractivity contribution < 1.29 is 18.9 Å². The lowest BCUT2D eigenvalue weighted by atomic mass is 10.0. The van der Waals surface area contributed by atoms with Gasteiger partial charge in [-0.15, -0.1) is 0 Å². The number of fused-ring (bicyclic) bond motifs is 1. The molecule has 0 bridgehead atoms. The SMILES string of the molecule is COc1cc(=O)[nH]c2c(OCC3OC(C)(C)OC3(C)C)cccc12. The molecule has 1 saturated heterocycles. The monoisotopic (exact) mass is 333 g/mol. The molecule has 1 aliphatic rings. The van der Waals surface area contributed by atoms with E-state index in [0.29, 0.717) is 23.6 Å². The highest BCUT2D eigenvalue weighted by molar-refractivity contribution is 5.89. The van der Waals surface area contributed by atoms with Crippen molar-refractivity contribution >= 4 is 10.9 Å². The van der Waals surface area contributed by atoms with E-state index in [9.17, 15) is 4.79 Å². The van der Waals surface area contributed by atoms with Crippen LogP contribution in [0.15, 0.2) is 29.1 Å². The third kappa shape index (κ3) is 3.12. The fourth-order valence-electron chi connectivity index (χ4n) is 3.12. The number of hydrogen-bond donors (Lipinski definition) is 1. The van der Waals surface area contributed by atoms with Gasteiger partial charge in [-0.1, -0.05) is 6.07 Å². The van der Waals surface area contributed by atoms with Gasteiger partial charge in [-0.05, 0) is 39.8 Å². The minimum atomic E-state index is -0.645. The van der Waals surface area contributed by atoms with Gasteiger partial charge in [-0.3, -0.25) is 4.79 Å². The van der Waals surface area contributed by atoms with Crippen LogP contribution in [0.25, 0.3) is 10.9 Å². The molecular formula is C18H23NO5. The Kier molecular flexibility index (Phi) is 4.05. The molecule has 1 aromatic carbocycles. The first-order valence-electron chi connectivity index (χ1n) is 7.93. The van der Waals surface area contributed by atoms with Crippen molar-refractivity contribution in [1.29, 1.82) is 0 Å². The Morgan fingerprint density at radius 2 is 1.96 bits per heavy atom. The molecule has 1 unspecified atom stereocenters. The van der Waals surface area contributed by atoms with Crippen LogP contribution in [0.3, 0.4) is 0 Å². The lowest BCUT2D eigenvalue weighted by Crippen LogP contribution is -2.37. The van der Waals surface area contributed by atoms with Crippen LogP contribution in [0.1, 0.15) is 27.7 Å². The highest BCUT2D eigenvalue weighted by Crippen LogP contribution is 2.37. The van der Waals surface area contributed by atoms with Crippen molar-refractivity contribution in [2.24, 2.45) is 0 Å². The Hall–Kier alpha value is -2.05. The number of benzene rings is 1. The molecular weight excluding hydrogens is 310 g/mol. The average Bonchev–Trinajstić information content (AvgIpc) is 2.71. The van der Waals surface area contributed by atoms with Gasteiger partial charge in [-0.25, -0.2) is 0 Å². The number of aromatic nitrogens is 1. The van der Waals surface area contributed by atoms with Gasteiger partial charge in [0.2, 0.25) is 0 Å². The molecule has 1 aromatic heterocycles. The standard InChI is InChI=1S/C18H23NO5/c1-17(2)14(23-18(3,4)24-17)10-22-12-8-6-7-11-13(21-5)9-15(20)19-16(11)12/h6-9,14H,10H2,1-5H3,(H,19,20). The predicted molar refractivity (Wildman–Crippen MR) is 90.7 cm³/mol. The summed E-state index contributed by atoms with van der Waals surface area (Å²) >= 11 is 0. The van der Waals surface area contributed by atoms with E-state index in [2.05, 4.69) is 4.98 Å². The number of hydrogen-bond acceptors (Lipinski definition) is 5. The largest absolute Gasteiger partial charge is 0.496 e. The maximum absolute atomic E-state index is 11.8. The van der Waals surface area contributed by atoms with E-state index < -0.39 is 11.4 Å². The zero-order valence-corrected chi connectivity index (χ0v) is 14.6. The smallest absolute Gasteiger partial charge is 0.252 e. The van der Waals surface area contributed by atoms with Gasteiger partial charge in [0.25, 0.3) is 5.56 Å². The Labute approximate surface area is 140 Å². The number of pyridine rings is 1. The van der Waals surface area contributed by atoms with Gasteiger partial charge in [-0.2, -0.15) is 0 Å². The molecule has 3 rings (SSSR count). The Morgan fingerprint density at radius 3 is 2.58 bits per heavy atom. The van der Waals surface area contributed by atoms with Crippen molar-refractivity contribution in [2.45, 2.75) is 45.2 Å². The molecule has 0 aliphatic carbocycles.